The van der Waals surface area contributed by atoms with Gasteiger partial charge >= 0.3 is 5.97 Å². The average Bonchev–Trinajstić information content (AvgIpc) is 2.98. The number of likely N-dealkylation sites (tertiary alicyclic amines) is 1. The van der Waals surface area contributed by atoms with Crippen molar-refractivity contribution in [3.8, 4) is 0 Å². The molecule has 7 heteroatoms. The Morgan fingerprint density at radius 2 is 1.60 bits per heavy atom. The summed E-state index contributed by atoms with van der Waals surface area (Å²) in [4.78, 5) is 37.4. The first kappa shape index (κ1) is 21.2. The number of rotatable bonds is 8. The van der Waals surface area contributed by atoms with Crippen molar-refractivity contribution in [3.63, 3.8) is 0 Å². The monoisotopic (exact) mass is 411 g/mol. The number of nitrogens with zero attached hydrogens (tertiary/aromatic N) is 1. The lowest BCUT2D eigenvalue weighted by atomic mass is 9.95. The Labute approximate surface area is 173 Å². The highest BCUT2D eigenvalue weighted by Gasteiger charge is 2.46. The quantitative estimate of drug-likeness (QED) is 0.297. The fourth-order valence-corrected chi connectivity index (χ4v) is 3.62. The van der Waals surface area contributed by atoms with E-state index in [0.29, 0.717) is 24.8 Å². The minimum atomic E-state index is -1.05. The summed E-state index contributed by atoms with van der Waals surface area (Å²) in [6.45, 7) is 0.148. The number of benzene rings is 2. The van der Waals surface area contributed by atoms with Crippen LogP contribution in [0.3, 0.4) is 0 Å². The molecule has 1 heterocycles. The molecular formula is C23H22FNO5. The Balaban J connectivity index is 1.98. The van der Waals surface area contributed by atoms with Crippen LogP contribution in [-0.4, -0.2) is 39.3 Å². The SMILES string of the molecule is O=C(O)CCCCCN1C(=O)C(=O)C(=C(O)c2ccccc2)[C@H]1c1ccccc1F. The van der Waals surface area contributed by atoms with Crippen LogP contribution in [0.15, 0.2) is 60.2 Å². The van der Waals surface area contributed by atoms with Crippen LogP contribution in [-0.2, 0) is 14.4 Å². The van der Waals surface area contributed by atoms with Gasteiger partial charge in [0.05, 0.1) is 11.6 Å². The first-order chi connectivity index (χ1) is 14.4. The molecule has 6 nitrogen and oxygen atoms in total. The number of Topliss-reactive ketones (excluding diaryl/α,β-unsaturated/α-hetero) is 1. The summed E-state index contributed by atoms with van der Waals surface area (Å²) in [7, 11) is 0. The van der Waals surface area contributed by atoms with Gasteiger partial charge in [0.2, 0.25) is 0 Å². The summed E-state index contributed by atoms with van der Waals surface area (Å²) in [5, 5.41) is 19.6. The molecule has 1 aliphatic rings. The third-order valence-electron chi connectivity index (χ3n) is 5.08. The van der Waals surface area contributed by atoms with Gasteiger partial charge in [-0.15, -0.1) is 0 Å². The average molecular weight is 411 g/mol. The lowest BCUT2D eigenvalue weighted by molar-refractivity contribution is -0.140. The second-order valence-corrected chi connectivity index (χ2v) is 7.08. The molecule has 0 unspecified atom stereocenters. The number of carboxylic acid groups (broad SMARTS) is 1. The maximum absolute atomic E-state index is 14.6. The van der Waals surface area contributed by atoms with Gasteiger partial charge in [0.1, 0.15) is 11.6 Å². The predicted octanol–water partition coefficient (Wildman–Crippen LogP) is 3.89. The Bertz CT molecular complexity index is 986. The molecule has 1 aliphatic heterocycles. The molecule has 2 aromatic rings. The third kappa shape index (κ3) is 4.40. The molecule has 1 atom stereocenters. The smallest absolute Gasteiger partial charge is 0.303 e. The van der Waals surface area contributed by atoms with E-state index >= 15 is 0 Å². The van der Waals surface area contributed by atoms with Crippen molar-refractivity contribution in [2.24, 2.45) is 0 Å². The molecular weight excluding hydrogens is 389 g/mol. The molecule has 0 bridgehead atoms. The van der Waals surface area contributed by atoms with Gasteiger partial charge in [-0.1, -0.05) is 55.0 Å². The minimum absolute atomic E-state index is 0.0174. The van der Waals surface area contributed by atoms with Gasteiger partial charge in [-0.3, -0.25) is 14.4 Å². The van der Waals surface area contributed by atoms with E-state index in [4.69, 9.17) is 5.11 Å². The molecule has 1 fully saturated rings. The molecule has 2 N–H and O–H groups in total. The maximum Gasteiger partial charge on any atom is 0.303 e. The van der Waals surface area contributed by atoms with Crippen molar-refractivity contribution in [1.82, 2.24) is 4.90 Å². The van der Waals surface area contributed by atoms with Crippen LogP contribution in [0, 0.1) is 5.82 Å². The topological polar surface area (TPSA) is 94.9 Å². The predicted molar refractivity (Wildman–Crippen MR) is 108 cm³/mol. The van der Waals surface area contributed by atoms with Crippen LogP contribution in [0.2, 0.25) is 0 Å². The van der Waals surface area contributed by atoms with E-state index < -0.39 is 29.5 Å². The van der Waals surface area contributed by atoms with E-state index in [1.54, 1.807) is 36.4 Å². The zero-order chi connectivity index (χ0) is 21.7. The molecule has 1 saturated heterocycles. The molecule has 0 spiro atoms. The van der Waals surface area contributed by atoms with Crippen molar-refractivity contribution >= 4 is 23.4 Å². The molecule has 0 radical (unpaired) electrons. The summed E-state index contributed by atoms with van der Waals surface area (Å²) in [5.41, 5.74) is 0.333. The Morgan fingerprint density at radius 1 is 0.933 bits per heavy atom. The number of aliphatic hydroxyl groups is 1. The highest BCUT2D eigenvalue weighted by molar-refractivity contribution is 6.46. The van der Waals surface area contributed by atoms with E-state index in [-0.39, 0.29) is 29.9 Å². The van der Waals surface area contributed by atoms with Crippen LogP contribution in [0.5, 0.6) is 0 Å². The molecule has 0 aliphatic carbocycles. The first-order valence-electron chi connectivity index (χ1n) is 9.72. The lowest BCUT2D eigenvalue weighted by Crippen LogP contribution is -2.31. The zero-order valence-corrected chi connectivity index (χ0v) is 16.3. The Kier molecular flexibility index (Phi) is 6.61. The molecule has 1 amide bonds. The molecule has 0 aromatic heterocycles. The molecule has 30 heavy (non-hydrogen) atoms. The highest BCUT2D eigenvalue weighted by Crippen LogP contribution is 2.40. The van der Waals surface area contributed by atoms with E-state index in [9.17, 15) is 23.9 Å². The van der Waals surface area contributed by atoms with Gasteiger partial charge < -0.3 is 15.1 Å². The highest BCUT2D eigenvalue weighted by atomic mass is 19.1. The van der Waals surface area contributed by atoms with Crippen LogP contribution in [0.4, 0.5) is 4.39 Å². The molecule has 0 saturated carbocycles. The number of carboxylic acids is 1. The number of hydrogen-bond acceptors (Lipinski definition) is 4. The zero-order valence-electron chi connectivity index (χ0n) is 16.3. The molecule has 156 valence electrons. The third-order valence-corrected chi connectivity index (χ3v) is 5.08. The number of hydrogen-bond donors (Lipinski definition) is 2. The van der Waals surface area contributed by atoms with Crippen molar-refractivity contribution in [3.05, 3.63) is 77.1 Å². The van der Waals surface area contributed by atoms with E-state index in [2.05, 4.69) is 0 Å². The summed E-state index contributed by atoms with van der Waals surface area (Å²) in [5.74, 6) is -3.51. The number of amides is 1. The molecule has 3 rings (SSSR count). The van der Waals surface area contributed by atoms with Crippen molar-refractivity contribution in [1.29, 1.82) is 0 Å². The number of carbonyl (C=O) groups is 3. The molecule has 2 aromatic carbocycles. The summed E-state index contributed by atoms with van der Waals surface area (Å²) in [6, 6.07) is 13.1. The van der Waals surface area contributed by atoms with E-state index in [1.807, 2.05) is 0 Å². The van der Waals surface area contributed by atoms with Crippen LogP contribution >= 0.6 is 0 Å². The number of halogens is 1. The van der Waals surface area contributed by atoms with Crippen LogP contribution in [0.25, 0.3) is 5.76 Å². The fourth-order valence-electron chi connectivity index (χ4n) is 3.62. The fraction of sp³-hybridized carbons (Fsp3) is 0.261. The number of aliphatic carboxylic acids is 1. The Hall–Kier alpha value is -3.48. The minimum Gasteiger partial charge on any atom is -0.507 e. The van der Waals surface area contributed by atoms with Crippen molar-refractivity contribution < 1.29 is 29.0 Å². The maximum atomic E-state index is 14.6. The van der Waals surface area contributed by atoms with Gasteiger partial charge in [0, 0.05) is 24.1 Å². The second-order valence-electron chi connectivity index (χ2n) is 7.08. The number of aliphatic hydroxyl groups excluding tert-OH is 1. The summed E-state index contributed by atoms with van der Waals surface area (Å²) >= 11 is 0. The first-order valence-corrected chi connectivity index (χ1v) is 9.72. The van der Waals surface area contributed by atoms with Crippen LogP contribution in [0.1, 0.15) is 42.9 Å². The number of unbranched alkanes of at least 4 members (excludes halogenated alkanes) is 2. The van der Waals surface area contributed by atoms with Gasteiger partial charge in [-0.2, -0.15) is 0 Å². The largest absolute Gasteiger partial charge is 0.507 e. The van der Waals surface area contributed by atoms with Crippen molar-refractivity contribution in [2.75, 3.05) is 6.54 Å². The lowest BCUT2D eigenvalue weighted by Gasteiger charge is -2.25. The van der Waals surface area contributed by atoms with E-state index in [1.165, 1.54) is 23.1 Å². The van der Waals surface area contributed by atoms with Gasteiger partial charge in [0.15, 0.2) is 0 Å². The summed E-state index contributed by atoms with van der Waals surface area (Å²) < 4.78 is 14.6. The Morgan fingerprint density at radius 3 is 2.27 bits per heavy atom. The second kappa shape index (κ2) is 9.35. The normalized spacial score (nSPS) is 18.0. The van der Waals surface area contributed by atoms with Gasteiger partial charge in [-0.25, -0.2) is 4.39 Å². The van der Waals surface area contributed by atoms with Crippen LogP contribution < -0.4 is 0 Å². The van der Waals surface area contributed by atoms with Crippen molar-refractivity contribution in [2.45, 2.75) is 31.7 Å². The van der Waals surface area contributed by atoms with Gasteiger partial charge in [0.25, 0.3) is 11.7 Å². The van der Waals surface area contributed by atoms with E-state index in [0.717, 1.165) is 0 Å². The number of carbonyl (C=O) groups excluding carboxylic acids is 2. The number of ketones is 1. The summed E-state index contributed by atoms with van der Waals surface area (Å²) in [6.07, 6.45) is 1.45. The van der Waals surface area contributed by atoms with Gasteiger partial charge in [-0.05, 0) is 18.9 Å². The standard InChI is InChI=1S/C23H22FNO5/c24-17-12-7-6-11-16(17)20-19(21(28)15-9-3-1-4-10-15)22(29)23(30)25(20)14-8-2-5-13-18(26)27/h1,3-4,6-7,9-12,20,28H,2,5,8,13-14H2,(H,26,27)/t20-/m1/s1.